The lowest BCUT2D eigenvalue weighted by Gasteiger charge is -2.13. The van der Waals surface area contributed by atoms with Crippen molar-refractivity contribution in [2.75, 3.05) is 18.2 Å². The summed E-state index contributed by atoms with van der Waals surface area (Å²) in [5.74, 6) is -0.647. The van der Waals surface area contributed by atoms with Gasteiger partial charge in [0.15, 0.2) is 5.16 Å². The van der Waals surface area contributed by atoms with Gasteiger partial charge in [0.1, 0.15) is 0 Å². The molecule has 0 atom stereocenters. The smallest absolute Gasteiger partial charge is 0.337 e. The number of nitrogens with one attached hydrogen (secondary N) is 1. The van der Waals surface area contributed by atoms with Crippen LogP contribution in [0.15, 0.2) is 58.5 Å². The number of hydrogen-bond donors (Lipinski definition) is 1. The molecule has 0 saturated heterocycles. The fourth-order valence-corrected chi connectivity index (χ4v) is 3.77. The molecule has 0 spiro atoms. The Balaban J connectivity index is 1.77. The zero-order valence-electron chi connectivity index (χ0n) is 16.9. The van der Waals surface area contributed by atoms with Crippen molar-refractivity contribution in [3.63, 3.8) is 0 Å². The van der Waals surface area contributed by atoms with Crippen LogP contribution in [0.5, 0.6) is 0 Å². The minimum absolute atomic E-state index is 0.0827. The number of methoxy groups -OCH3 is 1. The minimum atomic E-state index is -0.472. The lowest BCUT2D eigenvalue weighted by atomic mass is 10.2. The quantitative estimate of drug-likeness (QED) is 0.336. The first kappa shape index (κ1) is 21.6. The number of benzene rings is 2. The number of esters is 1. The molecule has 0 saturated carbocycles. The molecule has 1 aromatic heterocycles. The van der Waals surface area contributed by atoms with Crippen LogP contribution in [0.4, 0.5) is 5.69 Å². The van der Waals surface area contributed by atoms with Gasteiger partial charge in [0, 0.05) is 12.2 Å². The highest BCUT2D eigenvalue weighted by Crippen LogP contribution is 2.19. The molecule has 0 fully saturated rings. The van der Waals surface area contributed by atoms with Crippen molar-refractivity contribution in [3.8, 4) is 0 Å². The Bertz CT molecular complexity index is 1130. The summed E-state index contributed by atoms with van der Waals surface area (Å²) < 4.78 is 6.34. The van der Waals surface area contributed by atoms with Gasteiger partial charge in [-0.15, -0.1) is 0 Å². The first-order valence-electron chi connectivity index (χ1n) is 9.64. The van der Waals surface area contributed by atoms with Crippen LogP contribution < -0.4 is 10.9 Å². The third-order valence-electron chi connectivity index (χ3n) is 4.46. The second-order valence-electron chi connectivity index (χ2n) is 6.63. The molecule has 0 bridgehead atoms. The highest BCUT2D eigenvalue weighted by Gasteiger charge is 2.14. The Labute approximate surface area is 178 Å². The monoisotopic (exact) mass is 425 g/mol. The van der Waals surface area contributed by atoms with E-state index in [-0.39, 0.29) is 17.2 Å². The first-order chi connectivity index (χ1) is 14.5. The topological polar surface area (TPSA) is 90.3 Å². The standard InChI is InChI=1S/C22H23N3O4S/c1-3-4-12-25-20(27)17-10-5-6-11-18(17)24-22(25)30-14-19(26)23-16-9-7-8-15(13-16)21(28)29-2/h5-11,13H,3-4,12,14H2,1-2H3,(H,23,26). The lowest BCUT2D eigenvalue weighted by Crippen LogP contribution is -2.24. The maximum absolute atomic E-state index is 12.9. The minimum Gasteiger partial charge on any atom is -0.465 e. The molecule has 8 heteroatoms. The Morgan fingerprint density at radius 3 is 2.73 bits per heavy atom. The van der Waals surface area contributed by atoms with E-state index in [4.69, 9.17) is 4.74 Å². The van der Waals surface area contributed by atoms with E-state index in [1.807, 2.05) is 12.1 Å². The molecular formula is C22H23N3O4S. The largest absolute Gasteiger partial charge is 0.465 e. The van der Waals surface area contributed by atoms with Crippen LogP contribution in [0.3, 0.4) is 0 Å². The Morgan fingerprint density at radius 2 is 1.97 bits per heavy atom. The van der Waals surface area contributed by atoms with Crippen LogP contribution in [0.25, 0.3) is 10.9 Å². The van der Waals surface area contributed by atoms with Crippen molar-refractivity contribution in [1.82, 2.24) is 9.55 Å². The molecule has 0 unspecified atom stereocenters. The Hall–Kier alpha value is -3.13. The van der Waals surface area contributed by atoms with E-state index in [0.717, 1.165) is 12.8 Å². The van der Waals surface area contributed by atoms with Crippen LogP contribution in [0, 0.1) is 0 Å². The summed E-state index contributed by atoms with van der Waals surface area (Å²) >= 11 is 1.22. The summed E-state index contributed by atoms with van der Waals surface area (Å²) in [4.78, 5) is 41.6. The van der Waals surface area contributed by atoms with Crippen LogP contribution in [-0.4, -0.2) is 34.3 Å². The zero-order valence-corrected chi connectivity index (χ0v) is 17.7. The highest BCUT2D eigenvalue weighted by molar-refractivity contribution is 7.99. The summed E-state index contributed by atoms with van der Waals surface area (Å²) in [6, 6.07) is 13.7. The zero-order chi connectivity index (χ0) is 21.5. The number of unbranched alkanes of at least 4 members (excludes halogenated alkanes) is 1. The number of ether oxygens (including phenoxy) is 1. The second-order valence-corrected chi connectivity index (χ2v) is 7.57. The number of rotatable bonds is 8. The molecule has 0 aliphatic heterocycles. The Kier molecular flexibility index (Phi) is 7.24. The molecular weight excluding hydrogens is 402 g/mol. The number of fused-ring (bicyclic) bond motifs is 1. The average molecular weight is 426 g/mol. The van der Waals surface area contributed by atoms with Gasteiger partial charge in [-0.2, -0.15) is 0 Å². The molecule has 1 heterocycles. The number of aromatic nitrogens is 2. The van der Waals surface area contributed by atoms with E-state index in [9.17, 15) is 14.4 Å². The molecule has 2 aromatic carbocycles. The highest BCUT2D eigenvalue weighted by atomic mass is 32.2. The summed E-state index contributed by atoms with van der Waals surface area (Å²) in [5, 5.41) is 3.85. The van der Waals surface area contributed by atoms with E-state index >= 15 is 0 Å². The summed E-state index contributed by atoms with van der Waals surface area (Å²) in [6.45, 7) is 2.61. The van der Waals surface area contributed by atoms with E-state index in [2.05, 4.69) is 17.2 Å². The molecule has 1 amide bonds. The SMILES string of the molecule is CCCCn1c(SCC(=O)Nc2cccc(C(=O)OC)c2)nc2ccccc2c1=O. The van der Waals surface area contributed by atoms with Crippen molar-refractivity contribution >= 4 is 40.2 Å². The molecule has 0 radical (unpaired) electrons. The summed E-state index contributed by atoms with van der Waals surface area (Å²) in [6.07, 6.45) is 1.79. The van der Waals surface area contributed by atoms with E-state index in [0.29, 0.717) is 33.9 Å². The molecule has 0 aliphatic rings. The van der Waals surface area contributed by atoms with Crippen LogP contribution in [0.1, 0.15) is 30.1 Å². The molecule has 30 heavy (non-hydrogen) atoms. The predicted octanol–water partition coefficient (Wildman–Crippen LogP) is 3.71. The van der Waals surface area contributed by atoms with Crippen LogP contribution >= 0.6 is 11.8 Å². The molecule has 7 nitrogen and oxygen atoms in total. The molecule has 3 rings (SSSR count). The second kappa shape index (κ2) is 10.1. The average Bonchev–Trinajstić information content (AvgIpc) is 2.77. The van der Waals surface area contributed by atoms with E-state index in [1.54, 1.807) is 41.0 Å². The number of nitrogens with zero attached hydrogens (tertiary/aromatic N) is 2. The molecule has 3 aromatic rings. The third kappa shape index (κ3) is 5.07. The van der Waals surface area contributed by atoms with Crippen molar-refractivity contribution in [1.29, 1.82) is 0 Å². The van der Waals surface area contributed by atoms with Gasteiger partial charge in [-0.25, -0.2) is 9.78 Å². The Morgan fingerprint density at radius 1 is 1.17 bits per heavy atom. The van der Waals surface area contributed by atoms with Gasteiger partial charge >= 0.3 is 5.97 Å². The predicted molar refractivity (Wildman–Crippen MR) is 118 cm³/mol. The number of hydrogen-bond acceptors (Lipinski definition) is 6. The fraction of sp³-hybridized carbons (Fsp3) is 0.273. The summed E-state index contributed by atoms with van der Waals surface area (Å²) in [5.41, 5.74) is 1.37. The van der Waals surface area contributed by atoms with Crippen LogP contribution in [0.2, 0.25) is 0 Å². The van der Waals surface area contributed by atoms with Gasteiger partial charge in [-0.1, -0.05) is 43.3 Å². The number of carbonyl (C=O) groups is 2. The van der Waals surface area contributed by atoms with Crippen molar-refractivity contribution < 1.29 is 14.3 Å². The van der Waals surface area contributed by atoms with Gasteiger partial charge < -0.3 is 10.1 Å². The van der Waals surface area contributed by atoms with E-state index < -0.39 is 5.97 Å². The molecule has 1 N–H and O–H groups in total. The van der Waals surface area contributed by atoms with Gasteiger partial charge in [0.05, 0.1) is 29.3 Å². The number of carbonyl (C=O) groups excluding carboxylic acids is 2. The normalized spacial score (nSPS) is 10.7. The van der Waals surface area contributed by atoms with Crippen LogP contribution in [-0.2, 0) is 16.1 Å². The number of para-hydroxylation sites is 1. The maximum Gasteiger partial charge on any atom is 0.337 e. The lowest BCUT2D eigenvalue weighted by molar-refractivity contribution is -0.113. The third-order valence-corrected chi connectivity index (χ3v) is 5.44. The van der Waals surface area contributed by atoms with E-state index in [1.165, 1.54) is 18.9 Å². The number of amides is 1. The number of thioether (sulfide) groups is 1. The van der Waals surface area contributed by atoms with Gasteiger partial charge in [-0.05, 0) is 36.8 Å². The van der Waals surface area contributed by atoms with Gasteiger partial charge in [0.2, 0.25) is 5.91 Å². The fourth-order valence-electron chi connectivity index (χ4n) is 2.94. The van der Waals surface area contributed by atoms with Crippen molar-refractivity contribution in [2.24, 2.45) is 0 Å². The molecule has 0 aliphatic carbocycles. The van der Waals surface area contributed by atoms with Crippen molar-refractivity contribution in [3.05, 3.63) is 64.4 Å². The first-order valence-corrected chi connectivity index (χ1v) is 10.6. The number of anilines is 1. The van der Waals surface area contributed by atoms with Gasteiger partial charge in [-0.3, -0.25) is 14.2 Å². The van der Waals surface area contributed by atoms with Crippen molar-refractivity contribution in [2.45, 2.75) is 31.5 Å². The van der Waals surface area contributed by atoms with Gasteiger partial charge in [0.25, 0.3) is 5.56 Å². The maximum atomic E-state index is 12.9. The summed E-state index contributed by atoms with van der Waals surface area (Å²) in [7, 11) is 1.30. The molecule has 156 valence electrons.